The lowest BCUT2D eigenvalue weighted by molar-refractivity contribution is -0.387. The van der Waals surface area contributed by atoms with Crippen molar-refractivity contribution in [2.24, 2.45) is 5.73 Å². The number of nitrogens with two attached hydrogens (primary N) is 1. The van der Waals surface area contributed by atoms with Crippen molar-refractivity contribution < 1.29 is 33.1 Å². The van der Waals surface area contributed by atoms with Crippen LogP contribution in [0.4, 0.5) is 5.69 Å². The maximum atomic E-state index is 11.6. The lowest BCUT2D eigenvalue weighted by Gasteiger charge is -2.05. The van der Waals surface area contributed by atoms with Gasteiger partial charge >= 0.3 is 11.9 Å². The number of aliphatic carboxylic acids is 2. The number of rotatable bonds is 5. The molecule has 0 radical (unpaired) electrons. The average Bonchev–Trinajstić information content (AvgIpc) is 2.45. The highest BCUT2D eigenvalue weighted by molar-refractivity contribution is 7.89. The van der Waals surface area contributed by atoms with Crippen LogP contribution in [-0.2, 0) is 19.6 Å². The van der Waals surface area contributed by atoms with Gasteiger partial charge in [0.2, 0.25) is 10.0 Å². The lowest BCUT2D eigenvalue weighted by atomic mass is 10.3. The number of nitro benzene ring substituents is 1. The Balaban J connectivity index is 0.000000626. The third-order valence-corrected chi connectivity index (χ3v) is 3.48. The maximum absolute atomic E-state index is 11.6. The van der Waals surface area contributed by atoms with Gasteiger partial charge in [-0.3, -0.25) is 10.1 Å². The number of para-hydroxylation sites is 1. The Hall–Kier alpha value is -2.57. The standard InChI is InChI=1S/C8H11N3O4S.C2H2O4/c9-5-6-10-16(14,15)8-4-2-1-3-7(8)11(12)13;3-1(4)2(5)6/h1-4,10H,5-6,9H2;(H,3,4)(H,5,6). The van der Waals surface area contributed by atoms with Gasteiger partial charge in [-0.05, 0) is 6.07 Å². The number of nitro groups is 1. The van der Waals surface area contributed by atoms with Crippen LogP contribution < -0.4 is 10.5 Å². The molecule has 0 fully saturated rings. The molecule has 22 heavy (non-hydrogen) atoms. The minimum Gasteiger partial charge on any atom is -0.473 e. The van der Waals surface area contributed by atoms with E-state index in [-0.39, 0.29) is 18.0 Å². The van der Waals surface area contributed by atoms with Crippen molar-refractivity contribution >= 4 is 27.6 Å². The topological polar surface area (TPSA) is 190 Å². The molecule has 12 heteroatoms. The van der Waals surface area contributed by atoms with E-state index in [9.17, 15) is 18.5 Å². The van der Waals surface area contributed by atoms with Crippen LogP contribution in [0.2, 0.25) is 0 Å². The minimum atomic E-state index is -3.87. The fourth-order valence-corrected chi connectivity index (χ4v) is 2.32. The zero-order valence-electron chi connectivity index (χ0n) is 11.0. The smallest absolute Gasteiger partial charge is 0.414 e. The van der Waals surface area contributed by atoms with Crippen LogP contribution in [0.3, 0.4) is 0 Å². The molecule has 0 aliphatic carbocycles. The van der Waals surface area contributed by atoms with Gasteiger partial charge in [-0.15, -0.1) is 0 Å². The van der Waals surface area contributed by atoms with Gasteiger partial charge in [0.15, 0.2) is 4.90 Å². The van der Waals surface area contributed by atoms with E-state index in [1.165, 1.54) is 18.2 Å². The van der Waals surface area contributed by atoms with E-state index in [4.69, 9.17) is 25.5 Å². The number of hydrogen-bond donors (Lipinski definition) is 4. The Morgan fingerprint density at radius 1 is 1.23 bits per heavy atom. The predicted octanol–water partition coefficient (Wildman–Crippen LogP) is -1.01. The molecule has 0 aliphatic rings. The van der Waals surface area contributed by atoms with Gasteiger partial charge in [0.1, 0.15) is 0 Å². The van der Waals surface area contributed by atoms with Gasteiger partial charge in [-0.1, -0.05) is 12.1 Å². The van der Waals surface area contributed by atoms with E-state index in [2.05, 4.69) is 4.72 Å². The van der Waals surface area contributed by atoms with E-state index in [0.717, 1.165) is 6.07 Å². The molecule has 1 aromatic rings. The summed E-state index contributed by atoms with van der Waals surface area (Å²) in [7, 11) is -3.87. The molecule has 0 atom stereocenters. The number of carbonyl (C=O) groups is 2. The van der Waals surface area contributed by atoms with E-state index in [1.54, 1.807) is 0 Å². The van der Waals surface area contributed by atoms with Gasteiger partial charge in [-0.2, -0.15) is 0 Å². The molecule has 0 unspecified atom stereocenters. The predicted molar refractivity (Wildman–Crippen MR) is 72.6 cm³/mol. The third kappa shape index (κ3) is 6.25. The first-order chi connectivity index (χ1) is 10.1. The van der Waals surface area contributed by atoms with Crippen molar-refractivity contribution in [1.29, 1.82) is 0 Å². The van der Waals surface area contributed by atoms with E-state index in [0.29, 0.717) is 0 Å². The molecule has 0 bridgehead atoms. The molecule has 1 aromatic carbocycles. The largest absolute Gasteiger partial charge is 0.473 e. The lowest BCUT2D eigenvalue weighted by Crippen LogP contribution is -2.29. The minimum absolute atomic E-state index is 0.0361. The highest BCUT2D eigenvalue weighted by Crippen LogP contribution is 2.22. The van der Waals surface area contributed by atoms with Crippen LogP contribution in [0, 0.1) is 10.1 Å². The van der Waals surface area contributed by atoms with Gasteiger partial charge < -0.3 is 15.9 Å². The summed E-state index contributed by atoms with van der Waals surface area (Å²) in [6.07, 6.45) is 0. The number of hydrogen-bond acceptors (Lipinski definition) is 7. The monoisotopic (exact) mass is 335 g/mol. The van der Waals surface area contributed by atoms with Crippen LogP contribution >= 0.6 is 0 Å². The van der Waals surface area contributed by atoms with E-state index in [1.807, 2.05) is 0 Å². The normalized spacial score (nSPS) is 10.2. The average molecular weight is 335 g/mol. The molecular weight excluding hydrogens is 322 g/mol. The number of carboxylic acid groups (broad SMARTS) is 2. The molecule has 0 spiro atoms. The fourth-order valence-electron chi connectivity index (χ4n) is 1.11. The Kier molecular flexibility index (Phi) is 7.65. The summed E-state index contributed by atoms with van der Waals surface area (Å²) in [5.41, 5.74) is 4.70. The summed E-state index contributed by atoms with van der Waals surface area (Å²) in [6, 6.07) is 5.14. The second kappa shape index (κ2) is 8.66. The van der Waals surface area contributed by atoms with Crippen LogP contribution in [0.1, 0.15) is 0 Å². The summed E-state index contributed by atoms with van der Waals surface area (Å²) in [6.45, 7) is 0.161. The Morgan fingerprint density at radius 2 is 1.73 bits per heavy atom. The van der Waals surface area contributed by atoms with E-state index >= 15 is 0 Å². The molecule has 122 valence electrons. The molecule has 11 nitrogen and oxygen atoms in total. The molecule has 0 heterocycles. The van der Waals surface area contributed by atoms with Gasteiger partial charge in [0.25, 0.3) is 5.69 Å². The zero-order chi connectivity index (χ0) is 17.3. The van der Waals surface area contributed by atoms with Gasteiger partial charge in [0.05, 0.1) is 4.92 Å². The maximum Gasteiger partial charge on any atom is 0.414 e. The SMILES string of the molecule is NCCNS(=O)(=O)c1ccccc1[N+](=O)[O-].O=C(O)C(=O)O. The van der Waals surface area contributed by atoms with Crippen molar-refractivity contribution in [2.75, 3.05) is 13.1 Å². The van der Waals surface area contributed by atoms with Crippen LogP contribution in [0.5, 0.6) is 0 Å². The molecule has 0 amide bonds. The number of nitrogens with zero attached hydrogens (tertiary/aromatic N) is 1. The second-order valence-electron chi connectivity index (χ2n) is 3.52. The fraction of sp³-hybridized carbons (Fsp3) is 0.200. The van der Waals surface area contributed by atoms with Crippen LogP contribution in [-0.4, -0.2) is 48.6 Å². The molecule has 1 rings (SSSR count). The van der Waals surface area contributed by atoms with Crippen molar-refractivity contribution in [1.82, 2.24) is 4.72 Å². The number of benzene rings is 1. The van der Waals surface area contributed by atoms with Crippen molar-refractivity contribution in [3.05, 3.63) is 34.4 Å². The molecule has 0 aromatic heterocycles. The highest BCUT2D eigenvalue weighted by Gasteiger charge is 2.24. The molecule has 0 saturated heterocycles. The highest BCUT2D eigenvalue weighted by atomic mass is 32.2. The van der Waals surface area contributed by atoms with Crippen LogP contribution in [0.15, 0.2) is 29.2 Å². The summed E-state index contributed by atoms with van der Waals surface area (Å²) in [5, 5.41) is 25.4. The Bertz CT molecular complexity index is 646. The van der Waals surface area contributed by atoms with E-state index < -0.39 is 32.6 Å². The number of carboxylic acids is 2. The van der Waals surface area contributed by atoms with Crippen molar-refractivity contribution in [2.45, 2.75) is 4.90 Å². The molecule has 0 saturated carbocycles. The molecule has 5 N–H and O–H groups in total. The van der Waals surface area contributed by atoms with Gasteiger partial charge in [0, 0.05) is 19.2 Å². The first-order valence-electron chi connectivity index (χ1n) is 5.52. The molecular formula is C10H13N3O8S. The third-order valence-electron chi connectivity index (χ3n) is 1.97. The van der Waals surface area contributed by atoms with Crippen LogP contribution in [0.25, 0.3) is 0 Å². The second-order valence-corrected chi connectivity index (χ2v) is 5.26. The summed E-state index contributed by atoms with van der Waals surface area (Å²) in [4.78, 5) is 27.7. The summed E-state index contributed by atoms with van der Waals surface area (Å²) < 4.78 is 25.5. The zero-order valence-corrected chi connectivity index (χ0v) is 11.8. The Morgan fingerprint density at radius 3 is 2.14 bits per heavy atom. The number of nitrogens with one attached hydrogen (secondary N) is 1. The van der Waals surface area contributed by atoms with Crippen molar-refractivity contribution in [3.63, 3.8) is 0 Å². The first kappa shape index (κ1) is 19.4. The summed E-state index contributed by atoms with van der Waals surface area (Å²) >= 11 is 0. The van der Waals surface area contributed by atoms with Gasteiger partial charge in [-0.25, -0.2) is 22.7 Å². The first-order valence-corrected chi connectivity index (χ1v) is 7.01. The Labute approximate surface area is 124 Å². The number of sulfonamides is 1. The van der Waals surface area contributed by atoms with Crippen molar-refractivity contribution in [3.8, 4) is 0 Å². The summed E-state index contributed by atoms with van der Waals surface area (Å²) in [5.74, 6) is -3.65. The quantitative estimate of drug-likeness (QED) is 0.296. The molecule has 0 aliphatic heterocycles.